The number of halogens is 1. The van der Waals surface area contributed by atoms with Crippen molar-refractivity contribution in [3.05, 3.63) is 87.9 Å². The number of rotatable bonds is 5. The largest absolute Gasteiger partial charge is 0.507 e. The van der Waals surface area contributed by atoms with E-state index in [1.165, 1.54) is 16.2 Å². The summed E-state index contributed by atoms with van der Waals surface area (Å²) in [6, 6.07) is 16.8. The lowest BCUT2D eigenvalue weighted by atomic mass is 9.94. The first-order valence-corrected chi connectivity index (χ1v) is 13.4. The van der Waals surface area contributed by atoms with Crippen molar-refractivity contribution in [3.63, 3.8) is 0 Å². The minimum Gasteiger partial charge on any atom is -0.507 e. The zero-order valence-corrected chi connectivity index (χ0v) is 22.2. The van der Waals surface area contributed by atoms with Gasteiger partial charge in [-0.1, -0.05) is 35.1 Å². The normalized spacial score (nSPS) is 20.1. The second-order valence-corrected chi connectivity index (χ2v) is 10.7. The summed E-state index contributed by atoms with van der Waals surface area (Å²) in [5, 5.41) is 12.3. The molecule has 1 aromatic heterocycles. The predicted molar refractivity (Wildman–Crippen MR) is 147 cm³/mol. The molecule has 1 saturated heterocycles. The topological polar surface area (TPSA) is 89.0 Å². The Labute approximate surface area is 227 Å². The summed E-state index contributed by atoms with van der Waals surface area (Å²) in [7, 11) is 0. The van der Waals surface area contributed by atoms with Gasteiger partial charge in [0.25, 0.3) is 5.78 Å². The minimum atomic E-state index is -0.913. The van der Waals surface area contributed by atoms with Crippen LogP contribution in [-0.4, -0.2) is 34.5 Å². The van der Waals surface area contributed by atoms with E-state index >= 15 is 0 Å². The van der Waals surface area contributed by atoms with E-state index in [2.05, 4.69) is 4.98 Å². The molecule has 2 aliphatic rings. The van der Waals surface area contributed by atoms with Crippen molar-refractivity contribution >= 4 is 55.7 Å². The number of hydrogen-bond acceptors (Lipinski definition) is 7. The lowest BCUT2D eigenvalue weighted by Gasteiger charge is -2.23. The van der Waals surface area contributed by atoms with E-state index in [1.54, 1.807) is 36.4 Å². The van der Waals surface area contributed by atoms with Gasteiger partial charge in [-0.15, -0.1) is 0 Å². The highest BCUT2D eigenvalue weighted by molar-refractivity contribution is 7.22. The number of carbonyl (C=O) groups is 2. The van der Waals surface area contributed by atoms with Crippen molar-refractivity contribution in [1.82, 2.24) is 4.98 Å². The lowest BCUT2D eigenvalue weighted by molar-refractivity contribution is -0.132. The molecular formula is C29H23ClN2O5S. The first kappa shape index (κ1) is 24.5. The molecule has 0 aliphatic carbocycles. The van der Waals surface area contributed by atoms with Crippen LogP contribution >= 0.6 is 22.9 Å². The van der Waals surface area contributed by atoms with Crippen molar-refractivity contribution in [3.8, 4) is 11.5 Å². The summed E-state index contributed by atoms with van der Waals surface area (Å²) in [5.74, 6) is -0.358. The van der Waals surface area contributed by atoms with Gasteiger partial charge in [-0.05, 0) is 73.5 Å². The molecule has 1 fully saturated rings. The van der Waals surface area contributed by atoms with E-state index < -0.39 is 17.7 Å². The number of nitrogens with zero attached hydrogens (tertiary/aromatic N) is 2. The number of aliphatic hydroxyl groups excluding tert-OH is 1. The maximum Gasteiger partial charge on any atom is 0.301 e. The van der Waals surface area contributed by atoms with E-state index in [0.29, 0.717) is 45.6 Å². The number of fused-ring (bicyclic) bond motifs is 2. The van der Waals surface area contributed by atoms with Crippen molar-refractivity contribution < 1.29 is 24.2 Å². The van der Waals surface area contributed by atoms with Crippen LogP contribution in [0.1, 0.15) is 36.6 Å². The van der Waals surface area contributed by atoms with E-state index in [9.17, 15) is 14.7 Å². The summed E-state index contributed by atoms with van der Waals surface area (Å²) in [5.41, 5.74) is 2.63. The Kier molecular flexibility index (Phi) is 6.08. The van der Waals surface area contributed by atoms with Crippen molar-refractivity contribution in [2.75, 3.05) is 11.5 Å². The standard InChI is InChI=1S/C29H23ClN2O5S/c1-3-36-20-8-9-21-23(14-20)38-29(31-21)32-25(16-5-4-6-19(30)13-16)24(27(34)28(32)35)26(33)17-7-10-22-18(12-17)11-15(2)37-22/h4-10,12-15,25,33H,3,11H2,1-2H3/b26-24+. The Bertz CT molecular complexity index is 1650. The molecule has 3 aromatic carbocycles. The zero-order chi connectivity index (χ0) is 26.6. The highest BCUT2D eigenvalue weighted by Gasteiger charge is 2.48. The van der Waals surface area contributed by atoms with Gasteiger partial charge >= 0.3 is 5.91 Å². The molecule has 2 unspecified atom stereocenters. The van der Waals surface area contributed by atoms with Crippen molar-refractivity contribution in [2.45, 2.75) is 32.4 Å². The molecule has 1 amide bonds. The average Bonchev–Trinajstić information content (AvgIpc) is 3.56. The Morgan fingerprint density at radius 3 is 2.82 bits per heavy atom. The average molecular weight is 547 g/mol. The molecule has 192 valence electrons. The van der Waals surface area contributed by atoms with Crippen LogP contribution in [-0.2, 0) is 16.0 Å². The molecule has 0 radical (unpaired) electrons. The van der Waals surface area contributed by atoms with Crippen LogP contribution in [0.4, 0.5) is 5.13 Å². The molecular weight excluding hydrogens is 524 g/mol. The number of Topliss-reactive ketones (excluding diaryl/α,β-unsaturated/α-hetero) is 1. The van der Waals surface area contributed by atoms with E-state index in [0.717, 1.165) is 16.0 Å². The second-order valence-electron chi connectivity index (χ2n) is 9.24. The fourth-order valence-electron chi connectivity index (χ4n) is 5.00. The number of aliphatic hydroxyl groups is 1. The molecule has 2 aliphatic heterocycles. The highest BCUT2D eigenvalue weighted by Crippen LogP contribution is 2.45. The van der Waals surface area contributed by atoms with Crippen LogP contribution in [0.3, 0.4) is 0 Å². The second kappa shape index (κ2) is 9.45. The fourth-order valence-corrected chi connectivity index (χ4v) is 6.22. The Hall–Kier alpha value is -3.88. The molecule has 7 nitrogen and oxygen atoms in total. The molecule has 9 heteroatoms. The summed E-state index contributed by atoms with van der Waals surface area (Å²) >= 11 is 7.59. The quantitative estimate of drug-likeness (QED) is 0.179. The van der Waals surface area contributed by atoms with Gasteiger partial charge in [0, 0.05) is 17.0 Å². The fraction of sp³-hybridized carbons (Fsp3) is 0.207. The van der Waals surface area contributed by atoms with Gasteiger partial charge < -0.3 is 14.6 Å². The van der Waals surface area contributed by atoms with Crippen LogP contribution in [0.25, 0.3) is 16.0 Å². The third kappa shape index (κ3) is 4.10. The van der Waals surface area contributed by atoms with Gasteiger partial charge in [-0.3, -0.25) is 14.5 Å². The lowest BCUT2D eigenvalue weighted by Crippen LogP contribution is -2.29. The molecule has 4 aromatic rings. The van der Waals surface area contributed by atoms with Crippen LogP contribution < -0.4 is 14.4 Å². The Balaban J connectivity index is 1.51. The maximum absolute atomic E-state index is 13.5. The molecule has 2 atom stereocenters. The van der Waals surface area contributed by atoms with Gasteiger partial charge in [0.05, 0.1) is 28.4 Å². The molecule has 6 rings (SSSR count). The smallest absolute Gasteiger partial charge is 0.301 e. The van der Waals surface area contributed by atoms with E-state index in [4.69, 9.17) is 21.1 Å². The third-order valence-electron chi connectivity index (χ3n) is 6.64. The number of carbonyl (C=O) groups excluding carboxylic acids is 2. The third-order valence-corrected chi connectivity index (χ3v) is 7.90. The van der Waals surface area contributed by atoms with Crippen LogP contribution in [0.2, 0.25) is 5.02 Å². The van der Waals surface area contributed by atoms with Gasteiger partial charge in [0.2, 0.25) is 0 Å². The maximum atomic E-state index is 13.5. The van der Waals surface area contributed by atoms with Crippen molar-refractivity contribution in [2.24, 2.45) is 0 Å². The number of amides is 1. The minimum absolute atomic E-state index is 0.0153. The van der Waals surface area contributed by atoms with Gasteiger partial charge in [-0.25, -0.2) is 4.98 Å². The molecule has 1 N–H and O–H groups in total. The number of thiazole rings is 1. The van der Waals surface area contributed by atoms with Crippen LogP contribution in [0, 0.1) is 0 Å². The summed E-state index contributed by atoms with van der Waals surface area (Å²) in [4.78, 5) is 33.0. The monoisotopic (exact) mass is 546 g/mol. The molecule has 38 heavy (non-hydrogen) atoms. The van der Waals surface area contributed by atoms with Gasteiger partial charge in [0.15, 0.2) is 5.13 Å². The number of benzene rings is 3. The first-order chi connectivity index (χ1) is 18.3. The van der Waals surface area contributed by atoms with Crippen LogP contribution in [0.15, 0.2) is 66.2 Å². The van der Waals surface area contributed by atoms with Gasteiger partial charge in [0.1, 0.15) is 23.4 Å². The highest BCUT2D eigenvalue weighted by atomic mass is 35.5. The van der Waals surface area contributed by atoms with E-state index in [-0.39, 0.29) is 17.4 Å². The Morgan fingerprint density at radius 2 is 2.03 bits per heavy atom. The SMILES string of the molecule is CCOc1ccc2nc(N3C(=O)C(=O)/C(=C(/O)c4ccc5c(c4)CC(C)O5)C3c3cccc(Cl)c3)sc2c1. The Morgan fingerprint density at radius 1 is 1.18 bits per heavy atom. The first-order valence-electron chi connectivity index (χ1n) is 12.2. The molecule has 3 heterocycles. The number of ether oxygens (including phenoxy) is 2. The molecule has 0 bridgehead atoms. The van der Waals surface area contributed by atoms with Crippen LogP contribution in [0.5, 0.6) is 11.5 Å². The summed E-state index contributed by atoms with van der Waals surface area (Å²) in [6.07, 6.45) is 0.722. The molecule has 0 spiro atoms. The van der Waals surface area contributed by atoms with Gasteiger partial charge in [-0.2, -0.15) is 0 Å². The number of anilines is 1. The van der Waals surface area contributed by atoms with Crippen molar-refractivity contribution in [1.29, 1.82) is 0 Å². The number of hydrogen-bond donors (Lipinski definition) is 1. The number of aromatic nitrogens is 1. The van der Waals surface area contributed by atoms with E-state index in [1.807, 2.05) is 38.1 Å². The number of ketones is 1. The zero-order valence-electron chi connectivity index (χ0n) is 20.6. The predicted octanol–water partition coefficient (Wildman–Crippen LogP) is 6.30. The summed E-state index contributed by atoms with van der Waals surface area (Å²) in [6.45, 7) is 4.40. The summed E-state index contributed by atoms with van der Waals surface area (Å²) < 4.78 is 12.2. The molecule has 0 saturated carbocycles.